The number of aromatic nitrogens is 3. The van der Waals surface area contributed by atoms with Gasteiger partial charge in [0.05, 0.1) is 5.69 Å². The summed E-state index contributed by atoms with van der Waals surface area (Å²) in [5, 5.41) is 46.7. The highest BCUT2D eigenvalue weighted by atomic mass is 32.2. The highest BCUT2D eigenvalue weighted by Crippen LogP contribution is 2.41. The van der Waals surface area contributed by atoms with Crippen LogP contribution in [0, 0.1) is 0 Å². The average molecular weight is 755 g/mol. The molecule has 3 aliphatic rings. The number of carboxylic acids is 2. The largest absolute Gasteiger partial charge is 0.504 e. The van der Waals surface area contributed by atoms with Gasteiger partial charge < -0.3 is 42.0 Å². The number of aryl methyl sites for hydroxylation is 1. The molecule has 1 fully saturated rings. The van der Waals surface area contributed by atoms with Gasteiger partial charge in [-0.15, -0.1) is 23.1 Å². The molecule has 0 saturated carbocycles. The van der Waals surface area contributed by atoms with Crippen molar-refractivity contribution >= 4 is 75.3 Å². The minimum atomic E-state index is -1.82. The van der Waals surface area contributed by atoms with Crippen LogP contribution in [0.25, 0.3) is 0 Å². The van der Waals surface area contributed by atoms with Crippen LogP contribution in [0.3, 0.4) is 0 Å². The third-order valence-corrected chi connectivity index (χ3v) is 10.8. The lowest BCUT2D eigenvalue weighted by Gasteiger charge is -2.49. The van der Waals surface area contributed by atoms with Crippen LogP contribution in [0.15, 0.2) is 57.3 Å². The number of thiazole rings is 1. The minimum Gasteiger partial charge on any atom is -0.504 e. The van der Waals surface area contributed by atoms with Crippen molar-refractivity contribution in [3.8, 4) is 11.5 Å². The number of allylic oxidation sites excluding steroid dienone is 1. The zero-order valence-electron chi connectivity index (χ0n) is 26.4. The Morgan fingerprint density at radius 3 is 2.63 bits per heavy atom. The van der Waals surface area contributed by atoms with Crippen molar-refractivity contribution in [2.75, 3.05) is 23.0 Å². The average Bonchev–Trinajstić information content (AvgIpc) is 3.53. The van der Waals surface area contributed by atoms with E-state index in [1.165, 1.54) is 35.0 Å². The van der Waals surface area contributed by atoms with Crippen LogP contribution in [0.2, 0.25) is 0 Å². The third kappa shape index (κ3) is 7.42. The summed E-state index contributed by atoms with van der Waals surface area (Å²) in [6.45, 7) is 0. The van der Waals surface area contributed by atoms with Crippen LogP contribution < -0.4 is 16.8 Å². The molecule has 4 heterocycles. The van der Waals surface area contributed by atoms with Gasteiger partial charge in [0.2, 0.25) is 6.10 Å². The zero-order chi connectivity index (χ0) is 36.4. The number of nitrogen functional groups attached to an aromatic ring is 2. The number of phenolic OH excluding ortho intramolecular Hbond substituents is 2. The van der Waals surface area contributed by atoms with E-state index >= 15 is 0 Å². The molecular formula is C31H30N8O9S3. The molecule has 0 bridgehead atoms. The first kappa shape index (κ1) is 35.5. The minimum absolute atomic E-state index is 0.0621. The monoisotopic (exact) mass is 754 g/mol. The Morgan fingerprint density at radius 1 is 1.14 bits per heavy atom. The normalized spacial score (nSPS) is 19.3. The maximum Gasteiger partial charge on any atom is 0.352 e. The molecule has 266 valence electrons. The van der Waals surface area contributed by atoms with E-state index in [0.717, 1.165) is 65.3 Å². The lowest BCUT2D eigenvalue weighted by atomic mass is 9.97. The number of aromatic hydroxyl groups is 2. The maximum absolute atomic E-state index is 13.5. The van der Waals surface area contributed by atoms with Crippen molar-refractivity contribution in [1.82, 2.24) is 25.2 Å². The number of oxime groups is 1. The second-order valence-electron chi connectivity index (χ2n) is 11.4. The van der Waals surface area contributed by atoms with Crippen molar-refractivity contribution in [3.05, 3.63) is 69.5 Å². The number of nitrogens with zero attached hydrogens (tertiary/aromatic N) is 5. The molecule has 3 atom stereocenters. The number of nitrogens with two attached hydrogens (primary N) is 2. The van der Waals surface area contributed by atoms with E-state index in [9.17, 15) is 39.6 Å². The number of hydrogen-bond donors (Lipinski definition) is 7. The summed E-state index contributed by atoms with van der Waals surface area (Å²) in [7, 11) is 0. The summed E-state index contributed by atoms with van der Waals surface area (Å²) in [4.78, 5) is 70.5. The summed E-state index contributed by atoms with van der Waals surface area (Å²) in [6.07, 6.45) is 5.40. The number of aliphatic carboxylic acids is 2. The smallest absolute Gasteiger partial charge is 0.352 e. The molecule has 2 amide bonds. The molecule has 0 unspecified atom stereocenters. The number of benzene rings is 1. The summed E-state index contributed by atoms with van der Waals surface area (Å²) in [6, 6.07) is 2.04. The Bertz CT molecular complexity index is 2020. The molecule has 9 N–H and O–H groups in total. The van der Waals surface area contributed by atoms with Crippen LogP contribution in [-0.4, -0.2) is 92.7 Å². The predicted octanol–water partition coefficient (Wildman–Crippen LogP) is 2.02. The molecule has 0 spiro atoms. The van der Waals surface area contributed by atoms with Gasteiger partial charge >= 0.3 is 11.9 Å². The Balaban J connectivity index is 1.15. The number of phenols is 2. The number of carboxylic acid groups (broad SMARTS) is 2. The Hall–Kier alpha value is -5.34. The quantitative estimate of drug-likeness (QED) is 0.0348. The number of β-lactam (4-membered cyclic amide) rings is 1. The molecule has 1 saturated heterocycles. The molecule has 0 radical (unpaired) electrons. The summed E-state index contributed by atoms with van der Waals surface area (Å²) in [5.74, 6) is -4.46. The second kappa shape index (κ2) is 14.9. The number of carbonyl (C=O) groups excluding carboxylic acids is 2. The van der Waals surface area contributed by atoms with Gasteiger partial charge in [0.25, 0.3) is 11.8 Å². The third-order valence-electron chi connectivity index (χ3n) is 8.06. The van der Waals surface area contributed by atoms with Gasteiger partial charge in [-0.05, 0) is 43.4 Å². The van der Waals surface area contributed by atoms with E-state index in [1.54, 1.807) is 12.2 Å². The number of hydrogen-bond acceptors (Lipinski definition) is 16. The zero-order valence-corrected chi connectivity index (χ0v) is 28.8. The fourth-order valence-electron chi connectivity index (χ4n) is 5.62. The standard InChI is InChI=1S/C31H30N8O9S3/c32-24-15-5-1-2-6-16(15)35-31(37-24)49-9-3-4-14-11-50-27-21(26(43)39(27)22(14)28(44)45)36-25(42)20(17-12-51-30(33)34-17)38-48-23(29(46)47)13-7-8-18(40)19(41)10-13/h3-4,7-8,10,12,21,23,27,40-41H,1-2,5-6,9,11H2,(H2,33,34)(H,36,42)(H,44,45)(H,46,47)(H2,32,35,37)/b4-3+,38-20+/t21-,23-,27-/m1/s1. The lowest BCUT2D eigenvalue weighted by Crippen LogP contribution is -2.71. The van der Waals surface area contributed by atoms with E-state index in [4.69, 9.17) is 16.3 Å². The van der Waals surface area contributed by atoms with Gasteiger partial charge in [-0.3, -0.25) is 14.5 Å². The summed E-state index contributed by atoms with van der Waals surface area (Å²) >= 11 is 3.57. The molecule has 6 rings (SSSR count). The number of thioether (sulfide) groups is 2. The van der Waals surface area contributed by atoms with Gasteiger partial charge in [-0.1, -0.05) is 35.1 Å². The fourth-order valence-corrected chi connectivity index (χ4v) is 8.16. The van der Waals surface area contributed by atoms with Crippen LogP contribution in [0.1, 0.15) is 41.5 Å². The molecule has 1 aromatic carbocycles. The number of fused-ring (bicyclic) bond motifs is 2. The highest BCUT2D eigenvalue weighted by molar-refractivity contribution is 8.00. The van der Waals surface area contributed by atoms with Gasteiger partial charge in [0, 0.05) is 28.0 Å². The van der Waals surface area contributed by atoms with Crippen molar-refractivity contribution in [2.45, 2.75) is 48.4 Å². The first-order chi connectivity index (χ1) is 24.4. The van der Waals surface area contributed by atoms with Crippen molar-refractivity contribution < 1.29 is 44.4 Å². The van der Waals surface area contributed by atoms with E-state index in [2.05, 4.69) is 25.4 Å². The lowest BCUT2D eigenvalue weighted by molar-refractivity contribution is -0.151. The molecular weight excluding hydrogens is 725 g/mol. The first-order valence-electron chi connectivity index (χ1n) is 15.3. The maximum atomic E-state index is 13.5. The fraction of sp³-hybridized carbons (Fsp3) is 0.290. The van der Waals surface area contributed by atoms with Crippen LogP contribution in [0.4, 0.5) is 10.9 Å². The molecule has 51 heavy (non-hydrogen) atoms. The predicted molar refractivity (Wildman–Crippen MR) is 187 cm³/mol. The first-order valence-corrected chi connectivity index (χ1v) is 18.2. The van der Waals surface area contributed by atoms with Gasteiger partial charge in [0.1, 0.15) is 28.6 Å². The molecule has 17 nitrogen and oxygen atoms in total. The van der Waals surface area contributed by atoms with Gasteiger partial charge in [-0.25, -0.2) is 24.5 Å². The summed E-state index contributed by atoms with van der Waals surface area (Å²) in [5.41, 5.74) is 13.4. The van der Waals surface area contributed by atoms with Crippen molar-refractivity contribution in [2.24, 2.45) is 5.16 Å². The Kier molecular flexibility index (Phi) is 10.3. The number of rotatable bonds is 12. The van der Waals surface area contributed by atoms with Crippen LogP contribution >= 0.6 is 34.9 Å². The van der Waals surface area contributed by atoms with Gasteiger partial charge in [-0.2, -0.15) is 0 Å². The van der Waals surface area contributed by atoms with E-state index in [0.29, 0.717) is 22.3 Å². The number of amides is 2. The second-order valence-corrected chi connectivity index (χ2v) is 14.3. The molecule has 2 aromatic heterocycles. The topological polar surface area (TPSA) is 277 Å². The van der Waals surface area contributed by atoms with E-state index in [1.807, 2.05) is 0 Å². The number of nitrogens with one attached hydrogen (secondary N) is 1. The van der Waals surface area contributed by atoms with Crippen molar-refractivity contribution in [3.63, 3.8) is 0 Å². The molecule has 3 aromatic rings. The Morgan fingerprint density at radius 2 is 1.92 bits per heavy atom. The molecule has 20 heteroatoms. The van der Waals surface area contributed by atoms with Gasteiger partial charge in [0.15, 0.2) is 27.5 Å². The van der Waals surface area contributed by atoms with E-state index in [-0.39, 0.29) is 27.8 Å². The highest BCUT2D eigenvalue weighted by Gasteiger charge is 2.54. The molecule has 1 aliphatic carbocycles. The number of anilines is 2. The SMILES string of the molecule is Nc1nc(/C(=N\O[C@@H](C(=O)O)c2ccc(O)c(O)c2)C(=O)N[C@@H]2C(=O)N3C(C(=O)O)=C(/C=C/CSc4nc(N)c5c(n4)CCCC5)CS[C@H]23)cs1. The molecule has 2 aliphatic heterocycles. The number of carbonyl (C=O) groups is 4. The summed E-state index contributed by atoms with van der Waals surface area (Å²) < 4.78 is 0. The van der Waals surface area contributed by atoms with E-state index < -0.39 is 58.5 Å². The Labute approximate surface area is 301 Å². The van der Waals surface area contributed by atoms with Crippen LogP contribution in [0.5, 0.6) is 11.5 Å². The van der Waals surface area contributed by atoms with Crippen LogP contribution in [-0.2, 0) is 36.9 Å². The van der Waals surface area contributed by atoms with Crippen molar-refractivity contribution in [1.29, 1.82) is 0 Å².